The fourth-order valence-corrected chi connectivity index (χ4v) is 5.35. The Morgan fingerprint density at radius 3 is 2.36 bits per heavy atom. The molecule has 0 unspecified atom stereocenters. The van der Waals surface area contributed by atoms with Gasteiger partial charge in [0.25, 0.3) is 5.91 Å². The van der Waals surface area contributed by atoms with Gasteiger partial charge in [-0.1, -0.05) is 30.9 Å². The average Bonchev–Trinajstić information content (AvgIpc) is 2.91. The number of aromatic amines is 1. The van der Waals surface area contributed by atoms with E-state index in [1.165, 1.54) is 25.3 Å². The molecule has 2 aromatic heterocycles. The molecule has 210 valence electrons. The molecule has 0 spiro atoms. The lowest BCUT2D eigenvalue weighted by Gasteiger charge is -2.37. The van der Waals surface area contributed by atoms with Gasteiger partial charge in [-0.05, 0) is 72.3 Å². The van der Waals surface area contributed by atoms with Crippen LogP contribution in [0.4, 0.5) is 5.69 Å². The van der Waals surface area contributed by atoms with Gasteiger partial charge in [-0.2, -0.15) is 0 Å². The second-order valence-corrected chi connectivity index (χ2v) is 10.5. The summed E-state index contributed by atoms with van der Waals surface area (Å²) in [5.74, 6) is -0.258. The Hall–Kier alpha value is -3.23. The van der Waals surface area contributed by atoms with E-state index in [1.54, 1.807) is 19.3 Å². The van der Waals surface area contributed by atoms with Gasteiger partial charge in [-0.15, -0.1) is 0 Å². The summed E-state index contributed by atoms with van der Waals surface area (Å²) < 4.78 is 0. The number of nitrogens with one attached hydrogen (secondary N) is 3. The standard InChI is InChI=1S/C28H34ClN5O2.C2H7N/c1-5-34(21-9-7-6-8-10-21)25-13-20(24-16-30-18(3)14-31-24)12-22(19(25)4)28(36)32-15-23-26(35)11-17(2)33-27(23)29;1-3-2/h11-14,16,21H,5-10,15H2,1-4H3,(H,32,36)(H,33,35);3H,1-2H3. The van der Waals surface area contributed by atoms with Crippen LogP contribution in [0.25, 0.3) is 11.3 Å². The minimum absolute atomic E-state index is 0.0384. The van der Waals surface area contributed by atoms with E-state index in [0.29, 0.717) is 28.6 Å². The highest BCUT2D eigenvalue weighted by Crippen LogP contribution is 2.34. The summed E-state index contributed by atoms with van der Waals surface area (Å²) in [6, 6.07) is 5.92. The van der Waals surface area contributed by atoms with E-state index in [1.807, 2.05) is 34.0 Å². The summed E-state index contributed by atoms with van der Waals surface area (Å²) in [7, 11) is 3.75. The molecule has 0 bridgehead atoms. The quantitative estimate of drug-likeness (QED) is 0.342. The van der Waals surface area contributed by atoms with Crippen molar-refractivity contribution in [3.8, 4) is 11.3 Å². The van der Waals surface area contributed by atoms with Crippen LogP contribution in [-0.2, 0) is 6.54 Å². The van der Waals surface area contributed by atoms with E-state index in [-0.39, 0.29) is 23.0 Å². The fourth-order valence-electron chi connectivity index (χ4n) is 5.05. The van der Waals surface area contributed by atoms with E-state index in [0.717, 1.165) is 41.9 Å². The van der Waals surface area contributed by atoms with Gasteiger partial charge in [0.15, 0.2) is 5.43 Å². The first-order chi connectivity index (χ1) is 18.7. The van der Waals surface area contributed by atoms with Gasteiger partial charge in [0.1, 0.15) is 5.15 Å². The van der Waals surface area contributed by atoms with Crippen LogP contribution < -0.4 is 21.0 Å². The number of anilines is 1. The molecule has 3 N–H and O–H groups in total. The molecule has 1 saturated carbocycles. The number of carbonyl (C=O) groups is 1. The van der Waals surface area contributed by atoms with Crippen LogP contribution >= 0.6 is 11.6 Å². The SMILES string of the molecule is CCN(c1cc(-c2cnc(C)cn2)cc(C(=O)NCc2c(Cl)[nH]c(C)cc2=O)c1C)C1CCCCC1.CNC. The maximum Gasteiger partial charge on any atom is 0.251 e. The Morgan fingerprint density at radius 2 is 1.77 bits per heavy atom. The number of halogens is 1. The topological polar surface area (TPSA) is 103 Å². The molecule has 8 nitrogen and oxygen atoms in total. The number of rotatable bonds is 7. The Bertz CT molecular complexity index is 1320. The normalized spacial score (nSPS) is 13.4. The van der Waals surface area contributed by atoms with Crippen LogP contribution in [0.1, 0.15) is 71.9 Å². The first kappa shape index (κ1) is 30.3. The van der Waals surface area contributed by atoms with Gasteiger partial charge in [-0.25, -0.2) is 0 Å². The van der Waals surface area contributed by atoms with Crippen molar-refractivity contribution in [3.63, 3.8) is 0 Å². The monoisotopic (exact) mass is 552 g/mol. The Labute approximate surface area is 236 Å². The van der Waals surface area contributed by atoms with Crippen LogP contribution in [-0.4, -0.2) is 47.5 Å². The molecule has 1 amide bonds. The molecule has 0 atom stereocenters. The number of amides is 1. The highest BCUT2D eigenvalue weighted by Gasteiger charge is 2.25. The number of nitrogens with zero attached hydrogens (tertiary/aromatic N) is 3. The first-order valence-electron chi connectivity index (χ1n) is 13.6. The second-order valence-electron chi connectivity index (χ2n) is 10.1. The zero-order valence-electron chi connectivity index (χ0n) is 23.9. The molecule has 1 aliphatic carbocycles. The molecule has 9 heteroatoms. The molecule has 0 radical (unpaired) electrons. The lowest BCUT2D eigenvalue weighted by molar-refractivity contribution is 0.0950. The molecule has 2 heterocycles. The van der Waals surface area contributed by atoms with Crippen LogP contribution in [0.3, 0.4) is 0 Å². The van der Waals surface area contributed by atoms with E-state index in [9.17, 15) is 9.59 Å². The van der Waals surface area contributed by atoms with E-state index >= 15 is 0 Å². The van der Waals surface area contributed by atoms with Crippen molar-refractivity contribution in [2.75, 3.05) is 25.5 Å². The summed E-state index contributed by atoms with van der Waals surface area (Å²) in [6.45, 7) is 8.71. The minimum Gasteiger partial charge on any atom is -0.369 e. The predicted molar refractivity (Wildman–Crippen MR) is 160 cm³/mol. The molecular weight excluding hydrogens is 512 g/mol. The average molecular weight is 553 g/mol. The summed E-state index contributed by atoms with van der Waals surface area (Å²) in [4.78, 5) is 40.3. The zero-order valence-corrected chi connectivity index (χ0v) is 24.7. The van der Waals surface area contributed by atoms with Crippen LogP contribution in [0.5, 0.6) is 0 Å². The Balaban J connectivity index is 0.00000134. The molecule has 0 saturated heterocycles. The van der Waals surface area contributed by atoms with Crippen molar-refractivity contribution in [1.82, 2.24) is 25.6 Å². The molecule has 1 aliphatic rings. The number of H-pyrrole nitrogens is 1. The number of hydrogen-bond donors (Lipinski definition) is 3. The largest absolute Gasteiger partial charge is 0.369 e. The van der Waals surface area contributed by atoms with Crippen molar-refractivity contribution in [3.05, 3.63) is 74.0 Å². The fraction of sp³-hybridized carbons (Fsp3) is 0.467. The van der Waals surface area contributed by atoms with Gasteiger partial charge in [0.05, 0.1) is 23.1 Å². The lowest BCUT2D eigenvalue weighted by Crippen LogP contribution is -2.37. The lowest BCUT2D eigenvalue weighted by atomic mass is 9.92. The van der Waals surface area contributed by atoms with Crippen LogP contribution in [0.15, 0.2) is 35.4 Å². The van der Waals surface area contributed by atoms with Crippen molar-refractivity contribution in [1.29, 1.82) is 0 Å². The third-order valence-corrected chi connectivity index (χ3v) is 7.33. The molecule has 1 aromatic carbocycles. The van der Waals surface area contributed by atoms with Crippen molar-refractivity contribution < 1.29 is 4.79 Å². The predicted octanol–water partition coefficient (Wildman–Crippen LogP) is 5.34. The van der Waals surface area contributed by atoms with Gasteiger partial charge < -0.3 is 20.5 Å². The molecule has 4 rings (SSSR count). The third-order valence-electron chi connectivity index (χ3n) is 7.01. The molecule has 39 heavy (non-hydrogen) atoms. The highest BCUT2D eigenvalue weighted by atomic mass is 35.5. The molecule has 0 aliphatic heterocycles. The Morgan fingerprint density at radius 1 is 1.08 bits per heavy atom. The molecule has 1 fully saturated rings. The number of aromatic nitrogens is 3. The minimum atomic E-state index is -0.258. The van der Waals surface area contributed by atoms with Crippen LogP contribution in [0, 0.1) is 20.8 Å². The number of aryl methyl sites for hydroxylation is 2. The van der Waals surface area contributed by atoms with Crippen molar-refractivity contribution in [2.45, 2.75) is 72.4 Å². The van der Waals surface area contributed by atoms with E-state index in [4.69, 9.17) is 11.6 Å². The number of pyridine rings is 1. The summed E-state index contributed by atoms with van der Waals surface area (Å²) in [6.07, 6.45) is 9.51. The van der Waals surface area contributed by atoms with E-state index < -0.39 is 0 Å². The van der Waals surface area contributed by atoms with Gasteiger partial charge in [0.2, 0.25) is 0 Å². The summed E-state index contributed by atoms with van der Waals surface area (Å²) >= 11 is 6.26. The van der Waals surface area contributed by atoms with Crippen LogP contribution in [0.2, 0.25) is 5.15 Å². The van der Waals surface area contributed by atoms with E-state index in [2.05, 4.69) is 43.5 Å². The van der Waals surface area contributed by atoms with Gasteiger partial charge >= 0.3 is 0 Å². The Kier molecular flexibility index (Phi) is 11.1. The number of benzene rings is 1. The van der Waals surface area contributed by atoms with Gasteiger partial charge in [-0.3, -0.25) is 19.6 Å². The smallest absolute Gasteiger partial charge is 0.251 e. The van der Waals surface area contributed by atoms with Crippen molar-refractivity contribution >= 4 is 23.2 Å². The van der Waals surface area contributed by atoms with Gasteiger partial charge in [0, 0.05) is 53.9 Å². The highest BCUT2D eigenvalue weighted by molar-refractivity contribution is 6.30. The zero-order chi connectivity index (χ0) is 28.5. The van der Waals surface area contributed by atoms with Crippen molar-refractivity contribution in [2.24, 2.45) is 0 Å². The maximum atomic E-state index is 13.5. The summed E-state index contributed by atoms with van der Waals surface area (Å²) in [5.41, 5.74) is 5.71. The second kappa shape index (κ2) is 14.2. The molecule has 3 aromatic rings. The summed E-state index contributed by atoms with van der Waals surface area (Å²) in [5, 5.41) is 5.91. The number of carbonyl (C=O) groups excluding carboxylic acids is 1. The maximum absolute atomic E-state index is 13.5. The number of hydrogen-bond acceptors (Lipinski definition) is 6. The first-order valence-corrected chi connectivity index (χ1v) is 14.0. The third kappa shape index (κ3) is 7.67. The molecular formula is C30H41ClN6O2.